The third-order valence-corrected chi connectivity index (χ3v) is 3.78. The Kier molecular flexibility index (Phi) is 4.49. The van der Waals surface area contributed by atoms with Gasteiger partial charge in [-0.1, -0.05) is 11.6 Å². The fourth-order valence-corrected chi connectivity index (χ4v) is 2.55. The third kappa shape index (κ3) is 3.51. The van der Waals surface area contributed by atoms with Gasteiger partial charge in [0.2, 0.25) is 0 Å². The smallest absolute Gasteiger partial charge is 0.409 e. The molecule has 0 fully saturated rings. The number of benzene rings is 2. The standard InChI is InChI=1S/C17H14ClN3O4/c1-24-16-8-14-10(7-12(16)19)15(4-5-20-14)25-9-2-3-13(11(18)6-9)21-17(22)23/h2-8,21H,19H2,1H3,(H,22,23). The van der Waals surface area contributed by atoms with E-state index >= 15 is 0 Å². The summed E-state index contributed by atoms with van der Waals surface area (Å²) in [7, 11) is 1.53. The molecule has 0 spiro atoms. The monoisotopic (exact) mass is 359 g/mol. The Morgan fingerprint density at radius 1 is 1.24 bits per heavy atom. The van der Waals surface area contributed by atoms with Crippen molar-refractivity contribution in [1.82, 2.24) is 4.98 Å². The van der Waals surface area contributed by atoms with Gasteiger partial charge in [0, 0.05) is 23.7 Å². The number of amides is 1. The van der Waals surface area contributed by atoms with Gasteiger partial charge >= 0.3 is 6.09 Å². The van der Waals surface area contributed by atoms with Crippen LogP contribution in [-0.2, 0) is 0 Å². The minimum absolute atomic E-state index is 0.222. The van der Waals surface area contributed by atoms with Gasteiger partial charge in [0.15, 0.2) is 0 Å². The molecule has 0 bridgehead atoms. The Hall–Kier alpha value is -3.19. The van der Waals surface area contributed by atoms with Crippen molar-refractivity contribution in [2.24, 2.45) is 0 Å². The van der Waals surface area contributed by atoms with Crippen molar-refractivity contribution in [3.05, 3.63) is 47.6 Å². The number of nitrogens with zero attached hydrogens (tertiary/aromatic N) is 1. The van der Waals surface area contributed by atoms with E-state index in [0.29, 0.717) is 33.8 Å². The number of fused-ring (bicyclic) bond motifs is 1. The van der Waals surface area contributed by atoms with E-state index in [9.17, 15) is 4.79 Å². The van der Waals surface area contributed by atoms with Crippen molar-refractivity contribution >= 4 is 40.0 Å². The molecule has 25 heavy (non-hydrogen) atoms. The lowest BCUT2D eigenvalue weighted by atomic mass is 10.1. The van der Waals surface area contributed by atoms with Crippen LogP contribution in [0.2, 0.25) is 5.02 Å². The molecule has 128 valence electrons. The fourth-order valence-electron chi connectivity index (χ4n) is 2.33. The number of nitrogens with one attached hydrogen (secondary N) is 1. The summed E-state index contributed by atoms with van der Waals surface area (Å²) >= 11 is 6.07. The lowest BCUT2D eigenvalue weighted by Gasteiger charge is -2.12. The van der Waals surface area contributed by atoms with Gasteiger partial charge in [-0.15, -0.1) is 0 Å². The van der Waals surface area contributed by atoms with Gasteiger partial charge in [-0.05, 0) is 24.3 Å². The van der Waals surface area contributed by atoms with Crippen molar-refractivity contribution in [3.8, 4) is 17.2 Å². The van der Waals surface area contributed by atoms with E-state index in [1.54, 1.807) is 30.5 Å². The molecule has 7 nitrogen and oxygen atoms in total. The highest BCUT2D eigenvalue weighted by molar-refractivity contribution is 6.33. The van der Waals surface area contributed by atoms with Crippen LogP contribution < -0.4 is 20.5 Å². The molecule has 2 aromatic carbocycles. The van der Waals surface area contributed by atoms with Crippen molar-refractivity contribution < 1.29 is 19.4 Å². The zero-order valence-corrected chi connectivity index (χ0v) is 13.9. The van der Waals surface area contributed by atoms with E-state index in [1.165, 1.54) is 19.2 Å². The normalized spacial score (nSPS) is 10.5. The average molecular weight is 360 g/mol. The fraction of sp³-hybridized carbons (Fsp3) is 0.0588. The molecular weight excluding hydrogens is 346 g/mol. The Morgan fingerprint density at radius 2 is 2.04 bits per heavy atom. The van der Waals surface area contributed by atoms with Gasteiger partial charge in [-0.2, -0.15) is 0 Å². The lowest BCUT2D eigenvalue weighted by molar-refractivity contribution is 0.209. The highest BCUT2D eigenvalue weighted by Gasteiger charge is 2.11. The van der Waals surface area contributed by atoms with Gasteiger partial charge < -0.3 is 20.3 Å². The number of nitrogen functional groups attached to an aromatic ring is 1. The van der Waals surface area contributed by atoms with Crippen LogP contribution in [0.1, 0.15) is 0 Å². The predicted octanol–water partition coefficient (Wildman–Crippen LogP) is 4.36. The maximum atomic E-state index is 10.7. The number of pyridine rings is 1. The third-order valence-electron chi connectivity index (χ3n) is 3.46. The molecule has 0 aliphatic heterocycles. The molecular formula is C17H14ClN3O4. The van der Waals surface area contributed by atoms with E-state index < -0.39 is 6.09 Å². The van der Waals surface area contributed by atoms with Crippen LogP contribution in [0.3, 0.4) is 0 Å². The Balaban J connectivity index is 1.96. The number of hydrogen-bond acceptors (Lipinski definition) is 5. The quantitative estimate of drug-likeness (QED) is 0.597. The number of ether oxygens (including phenoxy) is 2. The number of anilines is 2. The number of halogens is 1. The van der Waals surface area contributed by atoms with E-state index in [1.807, 2.05) is 0 Å². The molecule has 1 amide bonds. The second-order valence-electron chi connectivity index (χ2n) is 5.09. The topological polar surface area (TPSA) is 107 Å². The number of carbonyl (C=O) groups is 1. The van der Waals surface area contributed by atoms with Crippen molar-refractivity contribution in [2.45, 2.75) is 0 Å². The maximum Gasteiger partial charge on any atom is 0.409 e. The zero-order valence-electron chi connectivity index (χ0n) is 13.1. The average Bonchev–Trinajstić information content (AvgIpc) is 2.57. The minimum atomic E-state index is -1.19. The van der Waals surface area contributed by atoms with E-state index in [0.717, 1.165) is 0 Å². The zero-order chi connectivity index (χ0) is 18.0. The van der Waals surface area contributed by atoms with Crippen LogP contribution in [0.4, 0.5) is 16.2 Å². The van der Waals surface area contributed by atoms with Crippen molar-refractivity contribution in [1.29, 1.82) is 0 Å². The summed E-state index contributed by atoms with van der Waals surface area (Å²) < 4.78 is 11.1. The first-order chi connectivity index (χ1) is 12.0. The largest absolute Gasteiger partial charge is 0.495 e. The molecule has 0 saturated heterocycles. The molecule has 4 N–H and O–H groups in total. The number of carboxylic acid groups (broad SMARTS) is 1. The lowest BCUT2D eigenvalue weighted by Crippen LogP contribution is -2.07. The molecule has 0 aliphatic rings. The first-order valence-electron chi connectivity index (χ1n) is 7.17. The second-order valence-corrected chi connectivity index (χ2v) is 5.50. The minimum Gasteiger partial charge on any atom is -0.495 e. The van der Waals surface area contributed by atoms with Crippen molar-refractivity contribution in [3.63, 3.8) is 0 Å². The predicted molar refractivity (Wildman–Crippen MR) is 95.9 cm³/mol. The Bertz CT molecular complexity index is 962. The summed E-state index contributed by atoms with van der Waals surface area (Å²) in [5.41, 5.74) is 7.36. The summed E-state index contributed by atoms with van der Waals surface area (Å²) in [6.45, 7) is 0. The highest BCUT2D eigenvalue weighted by Crippen LogP contribution is 2.35. The SMILES string of the molecule is COc1cc2nccc(Oc3ccc(NC(=O)O)c(Cl)c3)c2cc1N. The molecule has 0 aliphatic carbocycles. The first-order valence-corrected chi connectivity index (χ1v) is 7.55. The van der Waals surface area contributed by atoms with Crippen LogP contribution in [0, 0.1) is 0 Å². The number of rotatable bonds is 4. The van der Waals surface area contributed by atoms with Crippen LogP contribution in [0.5, 0.6) is 17.2 Å². The highest BCUT2D eigenvalue weighted by atomic mass is 35.5. The van der Waals surface area contributed by atoms with Gasteiger partial charge in [0.05, 0.1) is 29.0 Å². The second kappa shape index (κ2) is 6.74. The number of nitrogens with two attached hydrogens (primary N) is 1. The van der Waals surface area contributed by atoms with Crippen LogP contribution >= 0.6 is 11.6 Å². The molecule has 1 heterocycles. The number of hydrogen-bond donors (Lipinski definition) is 3. The summed E-state index contributed by atoms with van der Waals surface area (Å²) in [5.74, 6) is 1.52. The molecule has 0 radical (unpaired) electrons. The van der Waals surface area contributed by atoms with E-state index in [2.05, 4.69) is 10.3 Å². The molecule has 0 saturated carbocycles. The molecule has 0 atom stereocenters. The summed E-state index contributed by atoms with van der Waals surface area (Å²) in [6.07, 6.45) is 0.412. The maximum absolute atomic E-state index is 10.7. The Morgan fingerprint density at radius 3 is 2.72 bits per heavy atom. The molecule has 0 unspecified atom stereocenters. The number of aromatic nitrogens is 1. The van der Waals surface area contributed by atoms with E-state index in [-0.39, 0.29) is 10.7 Å². The van der Waals surface area contributed by atoms with Crippen LogP contribution in [0.15, 0.2) is 42.6 Å². The summed E-state index contributed by atoms with van der Waals surface area (Å²) in [4.78, 5) is 15.0. The summed E-state index contributed by atoms with van der Waals surface area (Å²) in [6, 6.07) is 9.79. The van der Waals surface area contributed by atoms with Gasteiger partial charge in [0.1, 0.15) is 17.2 Å². The molecule has 3 rings (SSSR count). The summed E-state index contributed by atoms with van der Waals surface area (Å²) in [5, 5.41) is 11.9. The van der Waals surface area contributed by atoms with Crippen molar-refractivity contribution in [2.75, 3.05) is 18.2 Å². The van der Waals surface area contributed by atoms with Gasteiger partial charge in [-0.3, -0.25) is 10.3 Å². The van der Waals surface area contributed by atoms with Gasteiger partial charge in [-0.25, -0.2) is 4.79 Å². The van der Waals surface area contributed by atoms with Crippen LogP contribution in [-0.4, -0.2) is 23.3 Å². The molecule has 3 aromatic rings. The Labute approximate surface area is 147 Å². The van der Waals surface area contributed by atoms with Crippen LogP contribution in [0.25, 0.3) is 10.9 Å². The molecule has 8 heteroatoms. The first kappa shape index (κ1) is 16.7. The van der Waals surface area contributed by atoms with E-state index in [4.69, 9.17) is 31.9 Å². The number of methoxy groups -OCH3 is 1. The molecule has 1 aromatic heterocycles. The van der Waals surface area contributed by atoms with Gasteiger partial charge in [0.25, 0.3) is 0 Å².